The van der Waals surface area contributed by atoms with E-state index in [4.69, 9.17) is 25.5 Å². The first-order valence-corrected chi connectivity index (χ1v) is 10.5. The van der Waals surface area contributed by atoms with E-state index in [9.17, 15) is 14.9 Å². The molecule has 1 aromatic heterocycles. The molecular formula is C24H16ClN3O6. The third-order valence-corrected chi connectivity index (χ3v) is 5.50. The lowest BCUT2D eigenvalue weighted by Gasteiger charge is -2.25. The normalized spacial score (nSPS) is 14.9. The van der Waals surface area contributed by atoms with Crippen molar-refractivity contribution < 1.29 is 23.6 Å². The molecule has 0 fully saturated rings. The van der Waals surface area contributed by atoms with Gasteiger partial charge >= 0.3 is 0 Å². The first-order chi connectivity index (χ1) is 16.5. The largest absolute Gasteiger partial charge is 0.485 e. The molecule has 0 unspecified atom stereocenters. The van der Waals surface area contributed by atoms with Crippen LogP contribution in [0, 0.1) is 10.1 Å². The molecule has 1 aliphatic heterocycles. The maximum atomic E-state index is 12.5. The second-order valence-corrected chi connectivity index (χ2v) is 7.83. The Kier molecular flexibility index (Phi) is 5.60. The number of furan rings is 1. The highest BCUT2D eigenvalue weighted by Gasteiger charge is 2.27. The number of ether oxygens (including phenoxy) is 2. The van der Waals surface area contributed by atoms with Crippen LogP contribution in [0.1, 0.15) is 5.76 Å². The summed E-state index contributed by atoms with van der Waals surface area (Å²) in [5, 5.41) is 17.0. The number of nitrogens with zero attached hydrogens (tertiary/aromatic N) is 2. The Labute approximate surface area is 197 Å². The van der Waals surface area contributed by atoms with Gasteiger partial charge in [0.25, 0.3) is 11.6 Å². The van der Waals surface area contributed by atoms with Gasteiger partial charge in [0, 0.05) is 17.7 Å². The molecule has 0 radical (unpaired) electrons. The number of nitrogens with one attached hydrogen (secondary N) is 1. The van der Waals surface area contributed by atoms with Gasteiger partial charge in [0.2, 0.25) is 6.10 Å². The van der Waals surface area contributed by atoms with Crippen LogP contribution in [0.3, 0.4) is 0 Å². The summed E-state index contributed by atoms with van der Waals surface area (Å²) in [7, 11) is 0. The third-order valence-electron chi connectivity index (χ3n) is 5.19. The van der Waals surface area contributed by atoms with Crippen molar-refractivity contribution in [3.63, 3.8) is 0 Å². The fourth-order valence-corrected chi connectivity index (χ4v) is 3.77. The van der Waals surface area contributed by atoms with Crippen molar-refractivity contribution in [2.45, 2.75) is 6.10 Å². The molecule has 10 heteroatoms. The number of halogens is 1. The molecule has 170 valence electrons. The quantitative estimate of drug-likeness (QED) is 0.247. The molecule has 0 spiro atoms. The zero-order valence-corrected chi connectivity index (χ0v) is 18.2. The fourth-order valence-electron chi connectivity index (χ4n) is 3.50. The number of amides is 1. The molecular weight excluding hydrogens is 462 g/mol. The van der Waals surface area contributed by atoms with Crippen LogP contribution < -0.4 is 14.9 Å². The van der Waals surface area contributed by atoms with Crippen LogP contribution in [0.2, 0.25) is 5.02 Å². The number of carbonyl (C=O) groups is 1. The summed E-state index contributed by atoms with van der Waals surface area (Å²) in [6.45, 7) is 0.0518. The van der Waals surface area contributed by atoms with E-state index in [-0.39, 0.29) is 17.3 Å². The monoisotopic (exact) mass is 477 g/mol. The van der Waals surface area contributed by atoms with Crippen LogP contribution >= 0.6 is 11.6 Å². The summed E-state index contributed by atoms with van der Waals surface area (Å²) in [5.74, 6) is 1.35. The molecule has 3 aromatic carbocycles. The molecule has 1 amide bonds. The molecule has 0 bridgehead atoms. The number of hydrogen-bond acceptors (Lipinski definition) is 7. The number of hydrogen-bond donors (Lipinski definition) is 1. The van der Waals surface area contributed by atoms with Gasteiger partial charge in [0.1, 0.15) is 18.1 Å². The van der Waals surface area contributed by atoms with Gasteiger partial charge < -0.3 is 13.9 Å². The molecule has 2 heterocycles. The first kappa shape index (κ1) is 21.5. The predicted octanol–water partition coefficient (Wildman–Crippen LogP) is 4.95. The van der Waals surface area contributed by atoms with Crippen molar-refractivity contribution in [2.24, 2.45) is 5.10 Å². The van der Waals surface area contributed by atoms with Crippen molar-refractivity contribution in [3.8, 4) is 22.8 Å². The number of nitro groups is 1. The lowest BCUT2D eigenvalue weighted by atomic mass is 10.1. The molecule has 1 N–H and O–H groups in total. The molecule has 1 atom stereocenters. The molecule has 5 rings (SSSR count). The summed E-state index contributed by atoms with van der Waals surface area (Å²) in [5.41, 5.74) is 2.79. The number of non-ortho nitro benzene ring substituents is 1. The second kappa shape index (κ2) is 8.87. The van der Waals surface area contributed by atoms with Crippen LogP contribution in [-0.2, 0) is 4.79 Å². The van der Waals surface area contributed by atoms with Gasteiger partial charge in [-0.15, -0.1) is 0 Å². The van der Waals surface area contributed by atoms with Crippen LogP contribution in [0.25, 0.3) is 22.1 Å². The zero-order chi connectivity index (χ0) is 23.7. The van der Waals surface area contributed by atoms with E-state index in [0.717, 1.165) is 10.8 Å². The lowest BCUT2D eigenvalue weighted by Crippen LogP contribution is -2.42. The van der Waals surface area contributed by atoms with Gasteiger partial charge in [-0.2, -0.15) is 5.10 Å². The van der Waals surface area contributed by atoms with E-state index >= 15 is 0 Å². The minimum Gasteiger partial charge on any atom is -0.485 e. The number of nitro benzene ring substituents is 1. The molecule has 0 aliphatic carbocycles. The average Bonchev–Trinajstić information content (AvgIpc) is 3.30. The van der Waals surface area contributed by atoms with Crippen molar-refractivity contribution in [2.75, 3.05) is 6.61 Å². The Hall–Kier alpha value is -4.37. The van der Waals surface area contributed by atoms with Crippen LogP contribution in [0.4, 0.5) is 5.69 Å². The minimum absolute atomic E-state index is 0.0518. The first-order valence-electron chi connectivity index (χ1n) is 10.2. The lowest BCUT2D eigenvalue weighted by molar-refractivity contribution is -0.384. The Balaban J connectivity index is 1.23. The van der Waals surface area contributed by atoms with Crippen molar-refractivity contribution in [1.29, 1.82) is 0 Å². The summed E-state index contributed by atoms with van der Waals surface area (Å²) in [6, 6.07) is 18.9. The molecule has 1 aliphatic rings. The van der Waals surface area contributed by atoms with Gasteiger partial charge in [-0.3, -0.25) is 14.9 Å². The number of fused-ring (bicyclic) bond motifs is 2. The zero-order valence-electron chi connectivity index (χ0n) is 17.4. The summed E-state index contributed by atoms with van der Waals surface area (Å²) in [4.78, 5) is 22.8. The van der Waals surface area contributed by atoms with Crippen molar-refractivity contribution in [1.82, 2.24) is 5.43 Å². The summed E-state index contributed by atoms with van der Waals surface area (Å²) in [6.07, 6.45) is 0.461. The molecule has 0 saturated carbocycles. The van der Waals surface area contributed by atoms with Gasteiger partial charge in [-0.05, 0) is 41.1 Å². The minimum atomic E-state index is -0.864. The smallest absolute Gasteiger partial charge is 0.284 e. The Morgan fingerprint density at radius 3 is 2.59 bits per heavy atom. The van der Waals surface area contributed by atoms with E-state index in [1.54, 1.807) is 12.1 Å². The van der Waals surface area contributed by atoms with E-state index in [0.29, 0.717) is 28.6 Å². The second-order valence-electron chi connectivity index (χ2n) is 7.42. The van der Waals surface area contributed by atoms with E-state index in [1.165, 1.54) is 24.4 Å². The number of hydrazone groups is 1. The average molecular weight is 478 g/mol. The SMILES string of the molecule is O=C(N/N=C/c1ccc(-c2ccc([N+](=O)[O-])cc2Cl)o1)[C@H]1COc2cc3ccccc3cc2O1. The molecule has 34 heavy (non-hydrogen) atoms. The molecule has 0 saturated heterocycles. The third kappa shape index (κ3) is 4.28. The highest BCUT2D eigenvalue weighted by atomic mass is 35.5. The topological polar surface area (TPSA) is 116 Å². The van der Waals surface area contributed by atoms with Crippen LogP contribution in [0.5, 0.6) is 11.5 Å². The molecule has 9 nitrogen and oxygen atoms in total. The maximum absolute atomic E-state index is 12.5. The summed E-state index contributed by atoms with van der Waals surface area (Å²) >= 11 is 6.14. The number of benzene rings is 3. The fraction of sp³-hybridized carbons (Fsp3) is 0.0833. The maximum Gasteiger partial charge on any atom is 0.284 e. The summed E-state index contributed by atoms with van der Waals surface area (Å²) < 4.78 is 17.2. The van der Waals surface area contributed by atoms with Crippen LogP contribution in [0.15, 0.2) is 76.2 Å². The van der Waals surface area contributed by atoms with Gasteiger partial charge in [-0.1, -0.05) is 35.9 Å². The van der Waals surface area contributed by atoms with Gasteiger partial charge in [-0.25, -0.2) is 5.43 Å². The Bertz CT molecular complexity index is 1450. The van der Waals surface area contributed by atoms with Crippen molar-refractivity contribution >= 4 is 40.2 Å². The van der Waals surface area contributed by atoms with Gasteiger partial charge in [0.05, 0.1) is 16.2 Å². The van der Waals surface area contributed by atoms with Crippen LogP contribution in [-0.4, -0.2) is 29.8 Å². The standard InChI is InChI=1S/C24H16ClN3O6/c25-19-11-16(28(30)31)5-7-18(19)20-8-6-17(33-20)12-26-27-24(29)23-13-32-21-9-14-3-1-2-4-15(14)10-22(21)34-23/h1-12,23H,13H2,(H,27,29)/b26-12+/t23-/m1/s1. The van der Waals surface area contributed by atoms with Gasteiger partial charge in [0.15, 0.2) is 11.5 Å². The number of rotatable bonds is 5. The van der Waals surface area contributed by atoms with E-state index < -0.39 is 16.9 Å². The highest BCUT2D eigenvalue weighted by Crippen LogP contribution is 2.36. The highest BCUT2D eigenvalue weighted by molar-refractivity contribution is 6.33. The predicted molar refractivity (Wildman–Crippen MR) is 125 cm³/mol. The molecule has 4 aromatic rings. The van der Waals surface area contributed by atoms with E-state index in [1.807, 2.05) is 36.4 Å². The van der Waals surface area contributed by atoms with Crippen molar-refractivity contribution in [3.05, 3.63) is 87.6 Å². The Morgan fingerprint density at radius 2 is 1.85 bits per heavy atom. The Morgan fingerprint density at radius 1 is 1.09 bits per heavy atom. The van der Waals surface area contributed by atoms with E-state index in [2.05, 4.69) is 10.5 Å². The number of carbonyl (C=O) groups excluding carboxylic acids is 1.